The number of nitrogens with one attached hydrogen (secondary N) is 1. The lowest BCUT2D eigenvalue weighted by Gasteiger charge is -2.20. The normalized spacial score (nSPS) is 12.7. The third-order valence-corrected chi connectivity index (χ3v) is 5.02. The van der Waals surface area contributed by atoms with Crippen LogP contribution < -0.4 is 5.32 Å². The predicted octanol–water partition coefficient (Wildman–Crippen LogP) is 6.10. The Kier molecular flexibility index (Phi) is 6.53. The Labute approximate surface area is 160 Å². The molecular formula is C21H25Cl2NO. The van der Waals surface area contributed by atoms with E-state index in [-0.39, 0.29) is 17.4 Å². The molecule has 0 saturated heterocycles. The van der Waals surface area contributed by atoms with Crippen LogP contribution in [0.1, 0.15) is 56.8 Å². The van der Waals surface area contributed by atoms with Gasteiger partial charge in [-0.25, -0.2) is 0 Å². The molecule has 2 aromatic carbocycles. The molecule has 0 unspecified atom stereocenters. The van der Waals surface area contributed by atoms with Crippen LogP contribution in [0.15, 0.2) is 42.5 Å². The average molecular weight is 378 g/mol. The quantitative estimate of drug-likeness (QED) is 0.669. The summed E-state index contributed by atoms with van der Waals surface area (Å²) in [5.74, 6) is 0.0264. The molecule has 1 atom stereocenters. The van der Waals surface area contributed by atoms with Gasteiger partial charge in [0, 0.05) is 6.42 Å². The lowest BCUT2D eigenvalue weighted by Crippen LogP contribution is -2.26. The molecule has 1 amide bonds. The maximum atomic E-state index is 12.2. The van der Waals surface area contributed by atoms with Gasteiger partial charge in [-0.2, -0.15) is 0 Å². The van der Waals surface area contributed by atoms with E-state index in [1.165, 1.54) is 5.56 Å². The summed E-state index contributed by atoms with van der Waals surface area (Å²) in [6, 6.07) is 13.9. The molecule has 0 heterocycles. The van der Waals surface area contributed by atoms with E-state index in [0.29, 0.717) is 22.9 Å². The van der Waals surface area contributed by atoms with Crippen LogP contribution in [-0.2, 0) is 16.6 Å². The third-order valence-electron chi connectivity index (χ3n) is 4.28. The van der Waals surface area contributed by atoms with Crippen molar-refractivity contribution >= 4 is 29.1 Å². The topological polar surface area (TPSA) is 29.1 Å². The Morgan fingerprint density at radius 1 is 1.04 bits per heavy atom. The minimum absolute atomic E-state index is 0.0182. The standard InChI is InChI=1S/C21H25Cl2NO/c1-14(16-7-9-17(10-8-16)21(2,3)4)24-20(25)12-6-15-5-11-18(22)19(23)13-15/h5,7-11,13-14H,6,12H2,1-4H3,(H,24,25)/t14-/m0/s1. The van der Waals surface area contributed by atoms with Gasteiger partial charge in [-0.1, -0.05) is 74.3 Å². The fraction of sp³-hybridized carbons (Fsp3) is 0.381. The highest BCUT2D eigenvalue weighted by Gasteiger charge is 2.15. The molecule has 0 saturated carbocycles. The minimum atomic E-state index is -0.0182. The zero-order chi connectivity index (χ0) is 18.6. The number of rotatable bonds is 5. The molecule has 4 heteroatoms. The Bertz CT molecular complexity index is 733. The molecule has 0 spiro atoms. The summed E-state index contributed by atoms with van der Waals surface area (Å²) in [4.78, 5) is 12.2. The average Bonchev–Trinajstić information content (AvgIpc) is 2.55. The van der Waals surface area contributed by atoms with E-state index in [9.17, 15) is 4.79 Å². The molecular weight excluding hydrogens is 353 g/mol. The van der Waals surface area contributed by atoms with Crippen LogP contribution >= 0.6 is 23.2 Å². The largest absolute Gasteiger partial charge is 0.350 e. The number of amides is 1. The molecule has 1 N–H and O–H groups in total. The molecule has 0 fully saturated rings. The maximum absolute atomic E-state index is 12.2. The van der Waals surface area contributed by atoms with Crippen LogP contribution in [0.2, 0.25) is 10.0 Å². The molecule has 2 aromatic rings. The predicted molar refractivity (Wildman–Crippen MR) is 106 cm³/mol. The first-order chi connectivity index (χ1) is 11.7. The van der Waals surface area contributed by atoms with Crippen molar-refractivity contribution in [1.29, 1.82) is 0 Å². The second-order valence-electron chi connectivity index (χ2n) is 7.41. The van der Waals surface area contributed by atoms with Gasteiger partial charge in [0.25, 0.3) is 0 Å². The monoisotopic (exact) mass is 377 g/mol. The summed E-state index contributed by atoms with van der Waals surface area (Å²) < 4.78 is 0. The molecule has 0 aliphatic heterocycles. The minimum Gasteiger partial charge on any atom is -0.350 e. The van der Waals surface area contributed by atoms with Gasteiger partial charge < -0.3 is 5.32 Å². The first-order valence-corrected chi connectivity index (χ1v) is 9.26. The number of carbonyl (C=O) groups is 1. The van der Waals surface area contributed by atoms with Crippen LogP contribution in [0.3, 0.4) is 0 Å². The van der Waals surface area contributed by atoms with E-state index in [1.54, 1.807) is 6.07 Å². The fourth-order valence-electron chi connectivity index (χ4n) is 2.62. The van der Waals surface area contributed by atoms with Crippen LogP contribution in [-0.4, -0.2) is 5.91 Å². The van der Waals surface area contributed by atoms with E-state index in [2.05, 4.69) is 50.4 Å². The highest BCUT2D eigenvalue weighted by Crippen LogP contribution is 2.25. The number of carbonyl (C=O) groups excluding carboxylic acids is 1. The molecule has 0 aromatic heterocycles. The molecule has 2 rings (SSSR count). The van der Waals surface area contributed by atoms with Crippen LogP contribution in [0.4, 0.5) is 0 Å². The van der Waals surface area contributed by atoms with Crippen LogP contribution in [0.5, 0.6) is 0 Å². The highest BCUT2D eigenvalue weighted by molar-refractivity contribution is 6.42. The van der Waals surface area contributed by atoms with Gasteiger partial charge in [0.1, 0.15) is 0 Å². The lowest BCUT2D eigenvalue weighted by atomic mass is 9.86. The molecule has 0 aliphatic carbocycles. The second-order valence-corrected chi connectivity index (χ2v) is 8.22. The summed E-state index contributed by atoms with van der Waals surface area (Å²) in [6.07, 6.45) is 1.06. The Hall–Kier alpha value is -1.51. The fourth-order valence-corrected chi connectivity index (χ4v) is 2.94. The number of hydrogen-bond acceptors (Lipinski definition) is 1. The van der Waals surface area contributed by atoms with Gasteiger partial charge in [0.2, 0.25) is 5.91 Å². The van der Waals surface area contributed by atoms with Gasteiger partial charge in [-0.3, -0.25) is 4.79 Å². The molecule has 0 radical (unpaired) electrons. The van der Waals surface area contributed by atoms with Crippen molar-refractivity contribution in [2.45, 2.75) is 52.0 Å². The summed E-state index contributed by atoms with van der Waals surface area (Å²) in [5.41, 5.74) is 3.53. The Morgan fingerprint density at radius 2 is 1.68 bits per heavy atom. The summed E-state index contributed by atoms with van der Waals surface area (Å²) in [7, 11) is 0. The van der Waals surface area contributed by atoms with Gasteiger partial charge in [-0.05, 0) is 47.6 Å². The number of halogens is 2. The van der Waals surface area contributed by atoms with E-state index >= 15 is 0 Å². The SMILES string of the molecule is C[C@H](NC(=O)CCc1ccc(Cl)c(Cl)c1)c1ccc(C(C)(C)C)cc1. The van der Waals surface area contributed by atoms with E-state index in [4.69, 9.17) is 23.2 Å². The highest BCUT2D eigenvalue weighted by atomic mass is 35.5. The first kappa shape index (κ1) is 19.8. The van der Waals surface area contributed by atoms with Crippen LogP contribution in [0.25, 0.3) is 0 Å². The zero-order valence-electron chi connectivity index (χ0n) is 15.2. The number of aryl methyl sites for hydroxylation is 1. The van der Waals surface area contributed by atoms with Crippen LogP contribution in [0, 0.1) is 0 Å². The molecule has 0 aliphatic rings. The van der Waals surface area contributed by atoms with Crippen molar-refractivity contribution in [2.75, 3.05) is 0 Å². The smallest absolute Gasteiger partial charge is 0.220 e. The van der Waals surface area contributed by atoms with Gasteiger partial charge >= 0.3 is 0 Å². The summed E-state index contributed by atoms with van der Waals surface area (Å²) in [5, 5.41) is 4.10. The Balaban J connectivity index is 1.90. The molecule has 134 valence electrons. The van der Waals surface area contributed by atoms with Gasteiger partial charge in [0.05, 0.1) is 16.1 Å². The molecule has 0 bridgehead atoms. The lowest BCUT2D eigenvalue weighted by molar-refractivity contribution is -0.121. The van der Waals surface area contributed by atoms with Crippen molar-refractivity contribution < 1.29 is 4.79 Å². The third kappa shape index (κ3) is 5.76. The number of benzene rings is 2. The van der Waals surface area contributed by atoms with E-state index < -0.39 is 0 Å². The van der Waals surface area contributed by atoms with E-state index in [0.717, 1.165) is 11.1 Å². The van der Waals surface area contributed by atoms with Crippen molar-refractivity contribution in [2.24, 2.45) is 0 Å². The Morgan fingerprint density at radius 3 is 2.24 bits per heavy atom. The van der Waals surface area contributed by atoms with E-state index in [1.807, 2.05) is 19.1 Å². The summed E-state index contributed by atoms with van der Waals surface area (Å²) >= 11 is 11.9. The van der Waals surface area contributed by atoms with Crippen molar-refractivity contribution in [3.63, 3.8) is 0 Å². The summed E-state index contributed by atoms with van der Waals surface area (Å²) in [6.45, 7) is 8.58. The van der Waals surface area contributed by atoms with Gasteiger partial charge in [0.15, 0.2) is 0 Å². The maximum Gasteiger partial charge on any atom is 0.220 e. The second kappa shape index (κ2) is 8.25. The zero-order valence-corrected chi connectivity index (χ0v) is 16.7. The van der Waals surface area contributed by atoms with Gasteiger partial charge in [-0.15, -0.1) is 0 Å². The van der Waals surface area contributed by atoms with Crippen molar-refractivity contribution in [3.05, 3.63) is 69.2 Å². The first-order valence-electron chi connectivity index (χ1n) is 8.50. The van der Waals surface area contributed by atoms with Crippen molar-refractivity contribution in [3.8, 4) is 0 Å². The number of hydrogen-bond donors (Lipinski definition) is 1. The van der Waals surface area contributed by atoms with Crippen molar-refractivity contribution in [1.82, 2.24) is 5.32 Å². The molecule has 2 nitrogen and oxygen atoms in total. The molecule has 25 heavy (non-hydrogen) atoms.